The fraction of sp³-hybridized carbons (Fsp3) is 0.0833. The number of benzene rings is 6. The molecule has 244 valence electrons. The van der Waals surface area contributed by atoms with Crippen LogP contribution in [0.1, 0.15) is 19.8 Å². The molecular weight excluding hydrogens is 605 g/mol. The van der Waals surface area contributed by atoms with Crippen molar-refractivity contribution in [3.8, 4) is 22.3 Å². The summed E-state index contributed by atoms with van der Waals surface area (Å²) in [4.78, 5) is 4.73. The molecule has 0 fully saturated rings. The summed E-state index contributed by atoms with van der Waals surface area (Å²) < 4.78 is 0. The van der Waals surface area contributed by atoms with Gasteiger partial charge in [-0.1, -0.05) is 134 Å². The molecule has 1 aliphatic carbocycles. The maximum atomic E-state index is 4.06. The van der Waals surface area contributed by atoms with E-state index in [4.69, 9.17) is 0 Å². The minimum atomic E-state index is 0.0795. The van der Waals surface area contributed by atoms with Gasteiger partial charge in [-0.25, -0.2) is 0 Å². The number of hydrogen-bond acceptors (Lipinski definition) is 2. The molecule has 50 heavy (non-hydrogen) atoms. The Morgan fingerprint density at radius 1 is 0.540 bits per heavy atom. The molecule has 0 radical (unpaired) electrons. The fourth-order valence-corrected chi connectivity index (χ4v) is 6.87. The Kier molecular flexibility index (Phi) is 9.99. The molecule has 1 unspecified atom stereocenters. The fourth-order valence-electron chi connectivity index (χ4n) is 6.87. The molecule has 6 aromatic rings. The predicted molar refractivity (Wildman–Crippen MR) is 215 cm³/mol. The molecule has 2 heteroatoms. The van der Waals surface area contributed by atoms with Crippen LogP contribution in [0.4, 0.5) is 28.4 Å². The zero-order chi connectivity index (χ0) is 34.1. The Balaban J connectivity index is 1.21. The maximum absolute atomic E-state index is 4.06. The lowest BCUT2D eigenvalue weighted by Crippen LogP contribution is -2.31. The summed E-state index contributed by atoms with van der Waals surface area (Å²) in [7, 11) is 0. The molecule has 0 bridgehead atoms. The van der Waals surface area contributed by atoms with Gasteiger partial charge in [0.05, 0.1) is 6.04 Å². The summed E-state index contributed by atoms with van der Waals surface area (Å²) in [6.45, 7) is 6.35. The summed E-state index contributed by atoms with van der Waals surface area (Å²) >= 11 is 0. The highest BCUT2D eigenvalue weighted by atomic mass is 15.2. The van der Waals surface area contributed by atoms with E-state index in [-0.39, 0.29) is 6.04 Å². The van der Waals surface area contributed by atoms with Crippen molar-refractivity contribution in [3.05, 3.63) is 212 Å². The number of anilines is 5. The smallest absolute Gasteiger partial charge is 0.0569 e. The summed E-state index contributed by atoms with van der Waals surface area (Å²) in [6, 6.07) is 58.5. The molecule has 0 amide bonds. The van der Waals surface area contributed by atoms with Crippen LogP contribution in [0.3, 0.4) is 0 Å². The lowest BCUT2D eigenvalue weighted by Gasteiger charge is -2.34. The largest absolute Gasteiger partial charge is 0.334 e. The van der Waals surface area contributed by atoms with Gasteiger partial charge in [0.15, 0.2) is 0 Å². The van der Waals surface area contributed by atoms with Gasteiger partial charge in [0, 0.05) is 28.4 Å². The van der Waals surface area contributed by atoms with Crippen molar-refractivity contribution in [3.63, 3.8) is 0 Å². The van der Waals surface area contributed by atoms with E-state index >= 15 is 0 Å². The van der Waals surface area contributed by atoms with Crippen LogP contribution in [0.5, 0.6) is 0 Å². The third kappa shape index (κ3) is 7.16. The van der Waals surface area contributed by atoms with Crippen molar-refractivity contribution >= 4 is 28.4 Å². The van der Waals surface area contributed by atoms with Crippen LogP contribution in [0.25, 0.3) is 22.3 Å². The molecule has 1 aliphatic rings. The van der Waals surface area contributed by atoms with Gasteiger partial charge in [0.25, 0.3) is 0 Å². The van der Waals surface area contributed by atoms with Crippen LogP contribution >= 0.6 is 0 Å². The van der Waals surface area contributed by atoms with Crippen LogP contribution in [0.15, 0.2) is 212 Å². The number of para-hydroxylation sites is 3. The average molecular weight is 647 g/mol. The van der Waals surface area contributed by atoms with E-state index in [0.29, 0.717) is 0 Å². The Hall–Kier alpha value is -6.12. The van der Waals surface area contributed by atoms with Crippen LogP contribution in [-0.4, -0.2) is 6.04 Å². The molecular formula is C48H42N2. The van der Waals surface area contributed by atoms with Gasteiger partial charge >= 0.3 is 0 Å². The Morgan fingerprint density at radius 3 is 1.64 bits per heavy atom. The summed E-state index contributed by atoms with van der Waals surface area (Å²) in [6.07, 6.45) is 13.1. The molecule has 0 spiro atoms. The van der Waals surface area contributed by atoms with Crippen LogP contribution in [0, 0.1) is 0 Å². The van der Waals surface area contributed by atoms with Crippen molar-refractivity contribution < 1.29 is 0 Å². The molecule has 6 aromatic carbocycles. The van der Waals surface area contributed by atoms with E-state index in [1.807, 2.05) is 6.08 Å². The number of rotatable bonds is 11. The van der Waals surface area contributed by atoms with Gasteiger partial charge in [0.1, 0.15) is 0 Å². The molecule has 2 nitrogen and oxygen atoms in total. The van der Waals surface area contributed by atoms with Crippen molar-refractivity contribution in [2.24, 2.45) is 0 Å². The zero-order valence-corrected chi connectivity index (χ0v) is 28.6. The standard InChI is InChI=1S/C48H42N2/c1-3-18-48(39-19-8-4-9-20-39)37(2)49(43-24-10-5-11-25-43)47-30-17-23-42(36-47)41-22-16-21-40(35-41)38-31-33-46(34-32-38)50(44-26-12-6-13-27-44)45-28-14-7-15-29-45/h3,5-8,10-37H,1,4,9H2,2H3/b48-18+. The number of nitrogens with zero attached hydrogens (tertiary/aromatic N) is 2. The first-order valence-corrected chi connectivity index (χ1v) is 17.4. The summed E-state index contributed by atoms with van der Waals surface area (Å²) in [5.41, 5.74) is 12.9. The monoisotopic (exact) mass is 646 g/mol. The molecule has 0 saturated heterocycles. The van der Waals surface area contributed by atoms with E-state index in [9.17, 15) is 0 Å². The van der Waals surface area contributed by atoms with E-state index in [0.717, 1.165) is 41.3 Å². The van der Waals surface area contributed by atoms with Gasteiger partial charge < -0.3 is 9.80 Å². The van der Waals surface area contributed by atoms with Gasteiger partial charge in [0.2, 0.25) is 0 Å². The van der Waals surface area contributed by atoms with Crippen molar-refractivity contribution in [2.45, 2.75) is 25.8 Å². The highest BCUT2D eigenvalue weighted by Gasteiger charge is 2.23. The molecule has 0 heterocycles. The Labute approximate surface area is 297 Å². The second-order valence-corrected chi connectivity index (χ2v) is 12.6. The van der Waals surface area contributed by atoms with Crippen molar-refractivity contribution in [2.75, 3.05) is 9.80 Å². The second kappa shape index (κ2) is 15.4. The molecule has 0 N–H and O–H groups in total. The topological polar surface area (TPSA) is 6.48 Å². The number of allylic oxidation sites excluding steroid dienone is 5. The van der Waals surface area contributed by atoms with Gasteiger partial charge in [-0.2, -0.15) is 0 Å². The van der Waals surface area contributed by atoms with Gasteiger partial charge in [-0.3, -0.25) is 0 Å². The zero-order valence-electron chi connectivity index (χ0n) is 28.6. The van der Waals surface area contributed by atoms with Gasteiger partial charge in [-0.05, 0) is 120 Å². The number of hydrogen-bond donors (Lipinski definition) is 0. The van der Waals surface area contributed by atoms with E-state index in [1.165, 1.54) is 33.4 Å². The summed E-state index contributed by atoms with van der Waals surface area (Å²) in [5, 5.41) is 0. The minimum absolute atomic E-state index is 0.0795. The van der Waals surface area contributed by atoms with E-state index in [2.05, 4.69) is 211 Å². The third-order valence-corrected chi connectivity index (χ3v) is 9.31. The van der Waals surface area contributed by atoms with E-state index in [1.54, 1.807) is 0 Å². The molecule has 1 atom stereocenters. The Morgan fingerprint density at radius 2 is 1.06 bits per heavy atom. The van der Waals surface area contributed by atoms with Gasteiger partial charge in [-0.15, -0.1) is 0 Å². The lowest BCUT2D eigenvalue weighted by molar-refractivity contribution is 0.820. The SMILES string of the molecule is C=C/C=C(/C1=CCCC=C1)C(C)N(c1ccccc1)c1cccc(-c2cccc(-c3ccc(N(c4ccccc4)c4ccccc4)cc3)c2)c1. The third-order valence-electron chi connectivity index (χ3n) is 9.31. The van der Waals surface area contributed by atoms with E-state index < -0.39 is 0 Å². The maximum Gasteiger partial charge on any atom is 0.0569 e. The first kappa shape index (κ1) is 32.4. The highest BCUT2D eigenvalue weighted by Crippen LogP contribution is 2.38. The lowest BCUT2D eigenvalue weighted by atomic mass is 9.92. The summed E-state index contributed by atoms with van der Waals surface area (Å²) in [5.74, 6) is 0. The molecule has 7 rings (SSSR count). The van der Waals surface area contributed by atoms with Crippen LogP contribution in [0.2, 0.25) is 0 Å². The normalized spacial score (nSPS) is 13.3. The molecule has 0 aliphatic heterocycles. The van der Waals surface area contributed by atoms with Crippen molar-refractivity contribution in [1.82, 2.24) is 0 Å². The first-order valence-electron chi connectivity index (χ1n) is 17.4. The van der Waals surface area contributed by atoms with Crippen LogP contribution in [-0.2, 0) is 0 Å². The average Bonchev–Trinajstić information content (AvgIpc) is 3.19. The predicted octanol–water partition coefficient (Wildman–Crippen LogP) is 13.4. The van der Waals surface area contributed by atoms with Crippen LogP contribution < -0.4 is 9.80 Å². The van der Waals surface area contributed by atoms with Crippen molar-refractivity contribution in [1.29, 1.82) is 0 Å². The quantitative estimate of drug-likeness (QED) is 0.129. The second-order valence-electron chi connectivity index (χ2n) is 12.6. The highest BCUT2D eigenvalue weighted by molar-refractivity contribution is 5.80. The Bertz CT molecular complexity index is 2080. The molecule has 0 saturated carbocycles. The minimum Gasteiger partial charge on any atom is -0.334 e. The first-order chi connectivity index (χ1) is 24.7. The molecule has 0 aromatic heterocycles.